The molecule has 0 fully saturated rings. The van der Waals surface area contributed by atoms with Gasteiger partial charge in [-0.2, -0.15) is 0 Å². The standard InChI is InChI=1S/C32H68N.BrH.HI/c1-5-9-13-17-21-25-29-33(30-26-22-18-14-10-6-2,31-27-23-19-15-11-7-3)32-28-24-20-16-12-8-4;;/h5-32H2,1-4H3;2*1H/q+1;;. The van der Waals surface area contributed by atoms with E-state index in [1.54, 1.807) is 0 Å². The number of unbranched alkanes of at least 4 members (excludes halogenated alkanes) is 20. The van der Waals surface area contributed by atoms with Gasteiger partial charge in [0.25, 0.3) is 0 Å². The summed E-state index contributed by atoms with van der Waals surface area (Å²) in [6, 6.07) is 0. The van der Waals surface area contributed by atoms with E-state index in [4.69, 9.17) is 0 Å². The maximum atomic E-state index is 2.34. The van der Waals surface area contributed by atoms with Crippen LogP contribution in [0.3, 0.4) is 0 Å². The second-order valence-electron chi connectivity index (χ2n) is 11.3. The topological polar surface area (TPSA) is 0 Å². The molecule has 0 aromatic heterocycles. The number of rotatable bonds is 28. The van der Waals surface area contributed by atoms with Gasteiger partial charge in [0.05, 0.1) is 26.2 Å². The molecule has 0 aromatic rings. The smallest absolute Gasteiger partial charge is 0.0786 e. The Morgan fingerprint density at radius 1 is 0.286 bits per heavy atom. The number of hydrogen-bond donors (Lipinski definition) is 0. The van der Waals surface area contributed by atoms with Gasteiger partial charge >= 0.3 is 0 Å². The maximum absolute atomic E-state index is 2.34. The Morgan fingerprint density at radius 2 is 0.457 bits per heavy atom. The number of quaternary nitrogens is 1. The molecule has 0 saturated heterocycles. The zero-order valence-electron chi connectivity index (χ0n) is 25.1. The van der Waals surface area contributed by atoms with Gasteiger partial charge in [0, 0.05) is 0 Å². The molecule has 35 heavy (non-hydrogen) atoms. The molecule has 0 aliphatic heterocycles. The molecular formula is C32H70BrIN+. The SMILES string of the molecule is Br.CCCCCCCC[N+](CCCCCCCC)(CCCCCCCC)CCCCCCCC.I. The molecule has 0 aliphatic rings. The van der Waals surface area contributed by atoms with E-state index < -0.39 is 0 Å². The minimum absolute atomic E-state index is 0. The van der Waals surface area contributed by atoms with E-state index in [0.29, 0.717) is 0 Å². The molecule has 0 bridgehead atoms. The van der Waals surface area contributed by atoms with Crippen LogP contribution < -0.4 is 0 Å². The van der Waals surface area contributed by atoms with Crippen molar-refractivity contribution in [2.45, 2.75) is 182 Å². The van der Waals surface area contributed by atoms with Crippen LogP contribution in [0.4, 0.5) is 0 Å². The van der Waals surface area contributed by atoms with Gasteiger partial charge < -0.3 is 4.48 Å². The van der Waals surface area contributed by atoms with E-state index in [2.05, 4.69) is 27.7 Å². The van der Waals surface area contributed by atoms with Gasteiger partial charge in [-0.3, -0.25) is 0 Å². The van der Waals surface area contributed by atoms with Crippen molar-refractivity contribution in [1.82, 2.24) is 0 Å². The highest BCUT2D eigenvalue weighted by Gasteiger charge is 2.25. The first-order valence-corrected chi connectivity index (χ1v) is 16.1. The van der Waals surface area contributed by atoms with Gasteiger partial charge in [0.15, 0.2) is 0 Å². The average molecular weight is 676 g/mol. The summed E-state index contributed by atoms with van der Waals surface area (Å²) < 4.78 is 1.48. The van der Waals surface area contributed by atoms with E-state index in [9.17, 15) is 0 Å². The normalized spacial score (nSPS) is 11.3. The minimum atomic E-state index is 0. The Labute approximate surface area is 252 Å². The summed E-state index contributed by atoms with van der Waals surface area (Å²) >= 11 is 0. The summed E-state index contributed by atoms with van der Waals surface area (Å²) in [6.45, 7) is 15.3. The van der Waals surface area contributed by atoms with E-state index in [-0.39, 0.29) is 41.0 Å². The largest absolute Gasteiger partial charge is 0.324 e. The predicted molar refractivity (Wildman–Crippen MR) is 179 cm³/mol. The Morgan fingerprint density at radius 3 is 0.657 bits per heavy atom. The highest BCUT2D eigenvalue weighted by atomic mass is 127. The van der Waals surface area contributed by atoms with Crippen molar-refractivity contribution in [3.8, 4) is 0 Å². The van der Waals surface area contributed by atoms with Crippen LogP contribution in [0.5, 0.6) is 0 Å². The van der Waals surface area contributed by atoms with Gasteiger partial charge in [0.2, 0.25) is 0 Å². The van der Waals surface area contributed by atoms with Crippen molar-refractivity contribution in [1.29, 1.82) is 0 Å². The summed E-state index contributed by atoms with van der Waals surface area (Å²) in [7, 11) is 0. The average Bonchev–Trinajstić information content (AvgIpc) is 2.83. The first-order chi connectivity index (χ1) is 16.2. The molecule has 0 heterocycles. The van der Waals surface area contributed by atoms with Crippen LogP contribution in [0.1, 0.15) is 182 Å². The molecule has 0 radical (unpaired) electrons. The molecule has 3 heteroatoms. The molecule has 0 unspecified atom stereocenters. The molecule has 0 aromatic carbocycles. The molecule has 0 N–H and O–H groups in total. The predicted octanol–water partition coefficient (Wildman–Crippen LogP) is 12.4. The van der Waals surface area contributed by atoms with Crippen molar-refractivity contribution in [2.75, 3.05) is 26.2 Å². The lowest BCUT2D eigenvalue weighted by atomic mass is 10.0. The molecule has 216 valence electrons. The first-order valence-electron chi connectivity index (χ1n) is 16.1. The summed E-state index contributed by atoms with van der Waals surface area (Å²) in [5.41, 5.74) is 0. The molecule has 0 amide bonds. The van der Waals surface area contributed by atoms with Crippen LogP contribution in [0.15, 0.2) is 0 Å². The Kier molecular flexibility index (Phi) is 38.6. The van der Waals surface area contributed by atoms with Crippen LogP contribution in [0.2, 0.25) is 0 Å². The second-order valence-corrected chi connectivity index (χ2v) is 11.3. The van der Waals surface area contributed by atoms with Gasteiger partial charge in [-0.25, -0.2) is 0 Å². The summed E-state index contributed by atoms with van der Waals surface area (Å²) in [4.78, 5) is 0. The number of hydrogen-bond acceptors (Lipinski definition) is 0. The monoisotopic (exact) mass is 674 g/mol. The lowest BCUT2D eigenvalue weighted by molar-refractivity contribution is -0.929. The van der Waals surface area contributed by atoms with Crippen LogP contribution in [-0.2, 0) is 0 Å². The van der Waals surface area contributed by atoms with E-state index >= 15 is 0 Å². The molecule has 1 nitrogen and oxygen atoms in total. The third kappa shape index (κ3) is 28.0. The minimum Gasteiger partial charge on any atom is -0.324 e. The fourth-order valence-corrected chi connectivity index (χ4v) is 5.58. The Balaban J connectivity index is -0.00000512. The van der Waals surface area contributed by atoms with Gasteiger partial charge in [-0.1, -0.05) is 130 Å². The zero-order chi connectivity index (χ0) is 24.3. The number of nitrogens with zero attached hydrogens (tertiary/aromatic N) is 1. The van der Waals surface area contributed by atoms with Crippen molar-refractivity contribution >= 4 is 41.0 Å². The van der Waals surface area contributed by atoms with Crippen molar-refractivity contribution in [3.05, 3.63) is 0 Å². The van der Waals surface area contributed by atoms with Crippen molar-refractivity contribution in [3.63, 3.8) is 0 Å². The lowest BCUT2D eigenvalue weighted by Crippen LogP contribution is -2.50. The van der Waals surface area contributed by atoms with Crippen molar-refractivity contribution < 1.29 is 4.48 Å². The van der Waals surface area contributed by atoms with E-state index in [1.807, 2.05) is 0 Å². The van der Waals surface area contributed by atoms with Crippen LogP contribution in [0, 0.1) is 0 Å². The quantitative estimate of drug-likeness (QED) is 0.0440. The number of halogens is 2. The molecule has 0 aliphatic carbocycles. The van der Waals surface area contributed by atoms with E-state index in [1.165, 1.54) is 185 Å². The highest BCUT2D eigenvalue weighted by molar-refractivity contribution is 14.0. The molecule has 0 rings (SSSR count). The fraction of sp³-hybridized carbons (Fsp3) is 1.00. The molecule has 0 saturated carbocycles. The second kappa shape index (κ2) is 33.2. The van der Waals surface area contributed by atoms with Crippen molar-refractivity contribution in [2.24, 2.45) is 0 Å². The Bertz CT molecular complexity index is 294. The highest BCUT2D eigenvalue weighted by Crippen LogP contribution is 2.20. The summed E-state index contributed by atoms with van der Waals surface area (Å²) in [5, 5.41) is 0. The van der Waals surface area contributed by atoms with E-state index in [0.717, 1.165) is 0 Å². The maximum Gasteiger partial charge on any atom is 0.0786 e. The fourth-order valence-electron chi connectivity index (χ4n) is 5.58. The van der Waals surface area contributed by atoms with Gasteiger partial charge in [-0.05, 0) is 51.4 Å². The summed E-state index contributed by atoms with van der Waals surface area (Å²) in [6.07, 6.45) is 34.8. The van der Waals surface area contributed by atoms with Crippen LogP contribution in [0.25, 0.3) is 0 Å². The van der Waals surface area contributed by atoms with Crippen LogP contribution in [-0.4, -0.2) is 30.7 Å². The molecule has 0 spiro atoms. The van der Waals surface area contributed by atoms with Gasteiger partial charge in [-0.15, -0.1) is 41.0 Å². The van der Waals surface area contributed by atoms with Gasteiger partial charge in [0.1, 0.15) is 0 Å². The first kappa shape index (κ1) is 40.7. The zero-order valence-corrected chi connectivity index (χ0v) is 29.1. The lowest BCUT2D eigenvalue weighted by Gasteiger charge is -2.40. The summed E-state index contributed by atoms with van der Waals surface area (Å²) in [5.74, 6) is 0. The molecular weight excluding hydrogens is 605 g/mol. The third-order valence-electron chi connectivity index (χ3n) is 7.94. The Hall–Kier alpha value is 1.17. The van der Waals surface area contributed by atoms with Crippen LogP contribution >= 0.6 is 41.0 Å². The molecule has 0 atom stereocenters. The third-order valence-corrected chi connectivity index (χ3v) is 7.94.